The molecule has 0 spiro atoms. The second kappa shape index (κ2) is 6.05. The lowest BCUT2D eigenvalue weighted by atomic mass is 10.1. The first-order chi connectivity index (χ1) is 9.32. The van der Waals surface area contributed by atoms with Gasteiger partial charge in [-0.1, -0.05) is 0 Å². The molecule has 2 atom stereocenters. The zero-order valence-electron chi connectivity index (χ0n) is 12.2. The average Bonchev–Trinajstić information content (AvgIpc) is 2.38. The Balaban J connectivity index is 2.38. The standard InChI is InChI=1S/C13H20ClN3O2S/c1-9-8-19-6-5-17(9)11-7-10(15-12(14)16-11)13(2,3)20(4)18/h7,9H,5-6,8H2,1-4H3/t9?,20-/m1/s1. The maximum atomic E-state index is 11.9. The highest BCUT2D eigenvalue weighted by molar-refractivity contribution is 7.91. The molecule has 112 valence electrons. The van der Waals surface area contributed by atoms with Crippen LogP contribution in [0, 0.1) is 0 Å². The van der Waals surface area contributed by atoms with E-state index in [9.17, 15) is 4.55 Å². The van der Waals surface area contributed by atoms with Crippen LogP contribution in [0.1, 0.15) is 26.5 Å². The Hall–Kier alpha value is -0.560. The lowest BCUT2D eigenvalue weighted by Crippen LogP contribution is -2.44. The number of hydrogen-bond acceptors (Lipinski definition) is 5. The van der Waals surface area contributed by atoms with Crippen molar-refractivity contribution in [3.63, 3.8) is 0 Å². The van der Waals surface area contributed by atoms with Crippen LogP contribution in [0.2, 0.25) is 5.28 Å². The number of rotatable bonds is 3. The Morgan fingerprint density at radius 3 is 2.80 bits per heavy atom. The van der Waals surface area contributed by atoms with Crippen molar-refractivity contribution in [1.82, 2.24) is 9.97 Å². The highest BCUT2D eigenvalue weighted by Gasteiger charge is 2.34. The third-order valence-electron chi connectivity index (χ3n) is 3.68. The van der Waals surface area contributed by atoms with E-state index in [1.165, 1.54) is 0 Å². The van der Waals surface area contributed by atoms with Gasteiger partial charge in [-0.2, -0.15) is 0 Å². The summed E-state index contributed by atoms with van der Waals surface area (Å²) in [4.78, 5) is 10.7. The second-order valence-electron chi connectivity index (χ2n) is 5.46. The number of hydrogen-bond donors (Lipinski definition) is 0. The maximum absolute atomic E-state index is 11.9. The summed E-state index contributed by atoms with van der Waals surface area (Å²) in [5.41, 5.74) is 0.701. The van der Waals surface area contributed by atoms with E-state index in [0.29, 0.717) is 18.9 Å². The fraction of sp³-hybridized carbons (Fsp3) is 0.692. The van der Waals surface area contributed by atoms with Crippen LogP contribution in [0.4, 0.5) is 5.82 Å². The van der Waals surface area contributed by atoms with E-state index in [1.807, 2.05) is 19.9 Å². The Morgan fingerprint density at radius 1 is 1.50 bits per heavy atom. The number of nitrogens with zero attached hydrogens (tertiary/aromatic N) is 3. The molecule has 2 heterocycles. The third kappa shape index (κ3) is 3.19. The summed E-state index contributed by atoms with van der Waals surface area (Å²) in [7, 11) is 0. The van der Waals surface area contributed by atoms with Gasteiger partial charge in [-0.05, 0) is 43.5 Å². The first-order valence-electron chi connectivity index (χ1n) is 6.55. The molecule has 0 radical (unpaired) electrons. The monoisotopic (exact) mass is 317 g/mol. The zero-order valence-corrected chi connectivity index (χ0v) is 13.8. The number of anilines is 1. The molecule has 20 heavy (non-hydrogen) atoms. The minimum Gasteiger partial charge on any atom is -0.616 e. The predicted molar refractivity (Wildman–Crippen MR) is 81.8 cm³/mol. The Kier molecular flexibility index (Phi) is 4.79. The van der Waals surface area contributed by atoms with Crippen molar-refractivity contribution in [3.05, 3.63) is 17.0 Å². The maximum Gasteiger partial charge on any atom is 0.224 e. The molecular weight excluding hydrogens is 298 g/mol. The molecule has 0 aliphatic carbocycles. The van der Waals surface area contributed by atoms with Crippen molar-refractivity contribution < 1.29 is 9.29 Å². The number of aromatic nitrogens is 2. The van der Waals surface area contributed by atoms with Gasteiger partial charge in [0.25, 0.3) is 0 Å². The molecule has 1 unspecified atom stereocenters. The van der Waals surface area contributed by atoms with Crippen LogP contribution in [0.3, 0.4) is 0 Å². The summed E-state index contributed by atoms with van der Waals surface area (Å²) in [5, 5.41) is 0.190. The summed E-state index contributed by atoms with van der Waals surface area (Å²) in [5.74, 6) is 0.773. The Morgan fingerprint density at radius 2 is 2.20 bits per heavy atom. The van der Waals surface area contributed by atoms with E-state index in [0.717, 1.165) is 12.4 Å². The molecule has 1 fully saturated rings. The molecular formula is C13H20ClN3O2S. The zero-order chi connectivity index (χ0) is 14.9. The molecule has 0 N–H and O–H groups in total. The first kappa shape index (κ1) is 15.8. The third-order valence-corrected chi connectivity index (χ3v) is 5.50. The lowest BCUT2D eigenvalue weighted by molar-refractivity contribution is 0.0985. The molecule has 1 aromatic heterocycles. The van der Waals surface area contributed by atoms with E-state index < -0.39 is 15.9 Å². The van der Waals surface area contributed by atoms with Crippen molar-refractivity contribution >= 4 is 28.6 Å². The van der Waals surface area contributed by atoms with E-state index in [4.69, 9.17) is 16.3 Å². The largest absolute Gasteiger partial charge is 0.616 e. The van der Waals surface area contributed by atoms with Crippen molar-refractivity contribution in [2.75, 3.05) is 30.9 Å². The van der Waals surface area contributed by atoms with Crippen LogP contribution < -0.4 is 4.90 Å². The minimum atomic E-state index is -1.05. The van der Waals surface area contributed by atoms with Crippen LogP contribution >= 0.6 is 11.6 Å². The van der Waals surface area contributed by atoms with Crippen LogP contribution in [-0.4, -0.2) is 46.6 Å². The number of halogens is 1. The van der Waals surface area contributed by atoms with Gasteiger partial charge in [0.2, 0.25) is 5.28 Å². The van der Waals surface area contributed by atoms with E-state index >= 15 is 0 Å². The quantitative estimate of drug-likeness (QED) is 0.630. The molecule has 1 aromatic rings. The van der Waals surface area contributed by atoms with Crippen molar-refractivity contribution in [2.24, 2.45) is 0 Å². The molecule has 0 bridgehead atoms. The normalized spacial score (nSPS) is 21.9. The van der Waals surface area contributed by atoms with E-state index in [-0.39, 0.29) is 11.3 Å². The van der Waals surface area contributed by atoms with Gasteiger partial charge >= 0.3 is 0 Å². The van der Waals surface area contributed by atoms with Gasteiger partial charge in [0.15, 0.2) is 4.75 Å². The highest BCUT2D eigenvalue weighted by Crippen LogP contribution is 2.31. The smallest absolute Gasteiger partial charge is 0.224 e. The van der Waals surface area contributed by atoms with Gasteiger partial charge in [0.1, 0.15) is 11.5 Å². The summed E-state index contributed by atoms with van der Waals surface area (Å²) in [6.07, 6.45) is 1.67. The lowest BCUT2D eigenvalue weighted by Gasteiger charge is -2.35. The van der Waals surface area contributed by atoms with Gasteiger partial charge in [0, 0.05) is 12.6 Å². The first-order valence-corrected chi connectivity index (χ1v) is 8.49. The van der Waals surface area contributed by atoms with Gasteiger partial charge < -0.3 is 14.2 Å². The molecule has 0 aromatic carbocycles. The summed E-state index contributed by atoms with van der Waals surface area (Å²) >= 11 is 5.00. The molecule has 1 saturated heterocycles. The fourth-order valence-corrected chi connectivity index (χ4v) is 2.65. The number of ether oxygens (including phenoxy) is 1. The summed E-state index contributed by atoms with van der Waals surface area (Å²) < 4.78 is 16.8. The Bertz CT molecular complexity index is 485. The SMILES string of the molecule is CC1COCCN1c1cc(C(C)(C)[S@@+](C)[O-])nc(Cl)n1. The van der Waals surface area contributed by atoms with Gasteiger partial charge in [-0.3, -0.25) is 0 Å². The molecule has 0 saturated carbocycles. The van der Waals surface area contributed by atoms with Crippen molar-refractivity contribution in [3.8, 4) is 0 Å². The second-order valence-corrected chi connectivity index (χ2v) is 7.73. The number of morpholine rings is 1. The predicted octanol–water partition coefficient (Wildman–Crippen LogP) is 1.97. The van der Waals surface area contributed by atoms with Gasteiger partial charge in [-0.25, -0.2) is 9.97 Å². The van der Waals surface area contributed by atoms with Crippen LogP contribution in [0.15, 0.2) is 6.07 Å². The van der Waals surface area contributed by atoms with E-state index in [2.05, 4.69) is 21.8 Å². The molecule has 5 nitrogen and oxygen atoms in total. The summed E-state index contributed by atoms with van der Waals surface area (Å²) in [6.45, 7) is 7.98. The van der Waals surface area contributed by atoms with Crippen LogP contribution in [0.5, 0.6) is 0 Å². The molecule has 7 heteroatoms. The van der Waals surface area contributed by atoms with Crippen molar-refractivity contribution in [2.45, 2.75) is 31.6 Å². The fourth-order valence-electron chi connectivity index (χ4n) is 2.08. The van der Waals surface area contributed by atoms with Gasteiger partial charge in [-0.15, -0.1) is 0 Å². The van der Waals surface area contributed by atoms with Crippen LogP contribution in [0.25, 0.3) is 0 Å². The summed E-state index contributed by atoms with van der Waals surface area (Å²) in [6, 6.07) is 2.12. The average molecular weight is 318 g/mol. The molecule has 2 rings (SSSR count). The Labute approximate surface area is 127 Å². The highest BCUT2D eigenvalue weighted by atomic mass is 35.5. The topological polar surface area (TPSA) is 61.3 Å². The van der Waals surface area contributed by atoms with Gasteiger partial charge in [0.05, 0.1) is 25.5 Å². The molecule has 0 amide bonds. The van der Waals surface area contributed by atoms with Crippen LogP contribution in [-0.2, 0) is 20.7 Å². The molecule has 1 aliphatic heterocycles. The molecule has 1 aliphatic rings. The van der Waals surface area contributed by atoms with E-state index in [1.54, 1.807) is 6.26 Å². The van der Waals surface area contributed by atoms with Crippen molar-refractivity contribution in [1.29, 1.82) is 0 Å². The minimum absolute atomic E-state index is 0.190.